The molecule has 6 heteroatoms. The van der Waals surface area contributed by atoms with Crippen molar-refractivity contribution in [2.45, 2.75) is 40.4 Å². The van der Waals surface area contributed by atoms with Gasteiger partial charge in [0.1, 0.15) is 5.57 Å². The van der Waals surface area contributed by atoms with Gasteiger partial charge in [-0.15, -0.1) is 0 Å². The Morgan fingerprint density at radius 1 is 1.12 bits per heavy atom. The van der Waals surface area contributed by atoms with E-state index in [1.165, 1.54) is 6.08 Å². The lowest BCUT2D eigenvalue weighted by Crippen LogP contribution is -2.52. The summed E-state index contributed by atoms with van der Waals surface area (Å²) in [6.07, 6.45) is 1.43. The van der Waals surface area contributed by atoms with E-state index in [-0.39, 0.29) is 5.57 Å². The maximum atomic E-state index is 12.4. The third kappa shape index (κ3) is 3.78. The molecule has 1 aliphatic heterocycles. The van der Waals surface area contributed by atoms with Crippen LogP contribution in [0.1, 0.15) is 40.2 Å². The molecule has 0 radical (unpaired) electrons. The van der Waals surface area contributed by atoms with E-state index in [1.807, 2.05) is 27.7 Å². The molecule has 6 nitrogen and oxygen atoms in total. The van der Waals surface area contributed by atoms with Crippen LogP contribution in [0.5, 0.6) is 11.5 Å². The van der Waals surface area contributed by atoms with Crippen LogP contribution in [0.4, 0.5) is 0 Å². The predicted octanol–water partition coefficient (Wildman–Crippen LogP) is 3.34. The van der Waals surface area contributed by atoms with Crippen LogP contribution < -0.4 is 9.47 Å². The highest BCUT2D eigenvalue weighted by molar-refractivity contribution is 6.18. The summed E-state index contributed by atoms with van der Waals surface area (Å²) < 4.78 is 21.5. The summed E-state index contributed by atoms with van der Waals surface area (Å²) >= 11 is 0. The average Bonchev–Trinajstić information content (AvgIpc) is 2.50. The standard InChI is InChI=1S/C19H24O6/c1-7-23-15-11-12(8-9-14(15)22-6)10-13-16(20)24-19(5,18(2,3)4)25-17(13)21/h8-11H,7H2,1-6H3. The van der Waals surface area contributed by atoms with Crippen LogP contribution in [0.3, 0.4) is 0 Å². The van der Waals surface area contributed by atoms with Crippen LogP contribution in [-0.4, -0.2) is 31.4 Å². The monoisotopic (exact) mass is 348 g/mol. The molecule has 1 saturated heterocycles. The lowest BCUT2D eigenvalue weighted by Gasteiger charge is -2.42. The van der Waals surface area contributed by atoms with Gasteiger partial charge in [0.05, 0.1) is 13.7 Å². The van der Waals surface area contributed by atoms with Crippen molar-refractivity contribution in [3.8, 4) is 11.5 Å². The van der Waals surface area contributed by atoms with Gasteiger partial charge in [0.15, 0.2) is 11.5 Å². The second kappa shape index (κ2) is 6.78. The Kier molecular flexibility index (Phi) is 5.11. The summed E-state index contributed by atoms with van der Waals surface area (Å²) in [4.78, 5) is 24.7. The number of ether oxygens (including phenoxy) is 4. The van der Waals surface area contributed by atoms with Gasteiger partial charge in [0.25, 0.3) is 5.79 Å². The molecular weight excluding hydrogens is 324 g/mol. The van der Waals surface area contributed by atoms with Gasteiger partial charge in [0, 0.05) is 12.3 Å². The Balaban J connectivity index is 2.35. The van der Waals surface area contributed by atoms with Gasteiger partial charge in [0.2, 0.25) is 0 Å². The molecule has 136 valence electrons. The minimum absolute atomic E-state index is 0.158. The molecule has 0 bridgehead atoms. The van der Waals surface area contributed by atoms with Crippen molar-refractivity contribution in [3.05, 3.63) is 29.3 Å². The molecule has 0 aliphatic carbocycles. The molecule has 0 saturated carbocycles. The first-order valence-electron chi connectivity index (χ1n) is 8.10. The van der Waals surface area contributed by atoms with Crippen LogP contribution in [0.2, 0.25) is 0 Å². The normalized spacial score (nSPS) is 20.6. The number of hydrogen-bond donors (Lipinski definition) is 0. The zero-order valence-electron chi connectivity index (χ0n) is 15.5. The summed E-state index contributed by atoms with van der Waals surface area (Å²) in [7, 11) is 1.54. The Labute approximate surface area is 147 Å². The Bertz CT molecular complexity index is 691. The molecule has 1 aromatic carbocycles. The van der Waals surface area contributed by atoms with Crippen molar-refractivity contribution in [2.75, 3.05) is 13.7 Å². The first kappa shape index (κ1) is 18.8. The third-order valence-electron chi connectivity index (χ3n) is 4.18. The molecule has 1 fully saturated rings. The quantitative estimate of drug-likeness (QED) is 0.472. The molecule has 0 aromatic heterocycles. The third-order valence-corrected chi connectivity index (χ3v) is 4.18. The fourth-order valence-electron chi connectivity index (χ4n) is 2.21. The van der Waals surface area contributed by atoms with E-state index in [4.69, 9.17) is 18.9 Å². The number of methoxy groups -OCH3 is 1. The lowest BCUT2D eigenvalue weighted by molar-refractivity contribution is -0.261. The van der Waals surface area contributed by atoms with Gasteiger partial charge in [-0.05, 0) is 30.7 Å². The van der Waals surface area contributed by atoms with E-state index >= 15 is 0 Å². The highest BCUT2D eigenvalue weighted by Gasteiger charge is 2.50. The van der Waals surface area contributed by atoms with Crippen molar-refractivity contribution >= 4 is 18.0 Å². The van der Waals surface area contributed by atoms with E-state index in [1.54, 1.807) is 32.2 Å². The lowest BCUT2D eigenvalue weighted by atomic mass is 9.85. The first-order valence-corrected chi connectivity index (χ1v) is 8.10. The largest absolute Gasteiger partial charge is 0.493 e. The smallest absolute Gasteiger partial charge is 0.348 e. The van der Waals surface area contributed by atoms with Crippen LogP contribution >= 0.6 is 0 Å². The maximum Gasteiger partial charge on any atom is 0.348 e. The number of benzene rings is 1. The summed E-state index contributed by atoms with van der Waals surface area (Å²) in [5, 5.41) is 0. The molecule has 0 spiro atoms. The van der Waals surface area contributed by atoms with Crippen LogP contribution in [0.25, 0.3) is 6.08 Å². The Morgan fingerprint density at radius 3 is 2.20 bits per heavy atom. The zero-order valence-corrected chi connectivity index (χ0v) is 15.5. The number of cyclic esters (lactones) is 2. The van der Waals surface area contributed by atoms with Gasteiger partial charge in [-0.3, -0.25) is 0 Å². The van der Waals surface area contributed by atoms with E-state index in [2.05, 4.69) is 0 Å². The second-order valence-electron chi connectivity index (χ2n) is 6.88. The fourth-order valence-corrected chi connectivity index (χ4v) is 2.21. The molecule has 0 unspecified atom stereocenters. The predicted molar refractivity (Wildman–Crippen MR) is 92.2 cm³/mol. The second-order valence-corrected chi connectivity index (χ2v) is 6.88. The Morgan fingerprint density at radius 2 is 1.72 bits per heavy atom. The maximum absolute atomic E-state index is 12.4. The minimum atomic E-state index is -1.31. The van der Waals surface area contributed by atoms with Crippen molar-refractivity contribution in [1.82, 2.24) is 0 Å². The van der Waals surface area contributed by atoms with Crippen molar-refractivity contribution < 1.29 is 28.5 Å². The molecule has 0 atom stereocenters. The van der Waals surface area contributed by atoms with Crippen LogP contribution in [0.15, 0.2) is 23.8 Å². The first-order chi connectivity index (χ1) is 11.6. The van der Waals surface area contributed by atoms with Crippen molar-refractivity contribution in [1.29, 1.82) is 0 Å². The minimum Gasteiger partial charge on any atom is -0.493 e. The molecule has 25 heavy (non-hydrogen) atoms. The number of esters is 2. The number of hydrogen-bond acceptors (Lipinski definition) is 6. The molecule has 0 amide bonds. The highest BCUT2D eigenvalue weighted by atomic mass is 16.7. The van der Waals surface area contributed by atoms with E-state index in [0.29, 0.717) is 23.7 Å². The summed E-state index contributed by atoms with van der Waals surface area (Å²) in [6.45, 7) is 9.40. The van der Waals surface area contributed by atoms with E-state index in [0.717, 1.165) is 0 Å². The van der Waals surface area contributed by atoms with Crippen LogP contribution in [0, 0.1) is 5.41 Å². The summed E-state index contributed by atoms with van der Waals surface area (Å²) in [5.41, 5.74) is -0.103. The molecule has 1 aromatic rings. The number of carbonyl (C=O) groups excluding carboxylic acids is 2. The summed E-state index contributed by atoms with van der Waals surface area (Å²) in [6, 6.07) is 5.11. The zero-order chi connectivity index (χ0) is 18.8. The van der Waals surface area contributed by atoms with E-state index < -0.39 is 23.1 Å². The number of carbonyl (C=O) groups is 2. The van der Waals surface area contributed by atoms with E-state index in [9.17, 15) is 9.59 Å². The van der Waals surface area contributed by atoms with Crippen LogP contribution in [-0.2, 0) is 19.1 Å². The van der Waals surface area contributed by atoms with Crippen molar-refractivity contribution in [3.63, 3.8) is 0 Å². The topological polar surface area (TPSA) is 71.1 Å². The molecule has 0 N–H and O–H groups in total. The Hall–Kier alpha value is -2.50. The van der Waals surface area contributed by atoms with Gasteiger partial charge < -0.3 is 18.9 Å². The average molecular weight is 348 g/mol. The SMILES string of the molecule is CCOc1cc(C=C2C(=O)OC(C)(C(C)(C)C)OC2=O)ccc1OC. The van der Waals surface area contributed by atoms with Gasteiger partial charge in [-0.25, -0.2) is 9.59 Å². The molecule has 1 aliphatic rings. The highest BCUT2D eigenvalue weighted by Crippen LogP contribution is 2.39. The molecular formula is C19H24O6. The van der Waals surface area contributed by atoms with Gasteiger partial charge in [-0.1, -0.05) is 26.8 Å². The molecule has 1 heterocycles. The molecule has 2 rings (SSSR count). The van der Waals surface area contributed by atoms with Gasteiger partial charge in [-0.2, -0.15) is 0 Å². The van der Waals surface area contributed by atoms with Gasteiger partial charge >= 0.3 is 11.9 Å². The fraction of sp³-hybridized carbons (Fsp3) is 0.474. The summed E-state index contributed by atoms with van der Waals surface area (Å²) in [5.74, 6) is -1.63. The van der Waals surface area contributed by atoms with Crippen molar-refractivity contribution in [2.24, 2.45) is 5.41 Å². The number of rotatable bonds is 4.